The zero-order valence-electron chi connectivity index (χ0n) is 18.4. The van der Waals surface area contributed by atoms with Crippen LogP contribution in [0.25, 0.3) is 11.1 Å². The largest absolute Gasteiger partial charge is 0.0807 e. The summed E-state index contributed by atoms with van der Waals surface area (Å²) in [6, 6.07) is 6.68. The highest BCUT2D eigenvalue weighted by Gasteiger charge is 2.35. The zero-order chi connectivity index (χ0) is 20.2. The average Bonchev–Trinajstić information content (AvgIpc) is 3.56. The molecular formula is C27H38. The van der Waals surface area contributed by atoms with Crippen LogP contribution in [0.2, 0.25) is 0 Å². The van der Waals surface area contributed by atoms with Gasteiger partial charge in [0, 0.05) is 0 Å². The molecule has 1 fully saturated rings. The van der Waals surface area contributed by atoms with Gasteiger partial charge < -0.3 is 0 Å². The summed E-state index contributed by atoms with van der Waals surface area (Å²) in [7, 11) is 0. The Hall–Kier alpha value is -2.08. The Morgan fingerprint density at radius 1 is 0.778 bits per heavy atom. The van der Waals surface area contributed by atoms with E-state index in [2.05, 4.69) is 73.7 Å². The van der Waals surface area contributed by atoms with E-state index >= 15 is 0 Å². The van der Waals surface area contributed by atoms with E-state index in [9.17, 15) is 0 Å². The van der Waals surface area contributed by atoms with Gasteiger partial charge in [0.2, 0.25) is 0 Å². The van der Waals surface area contributed by atoms with E-state index in [1.54, 1.807) is 0 Å². The highest BCUT2D eigenvalue weighted by molar-refractivity contribution is 5.84. The SMILES string of the molecule is CC.CC.CC.Cc1c(C2=CC=CCC=C2)cccc1C1=CC2CC2C=C1. The molecule has 1 saturated carbocycles. The van der Waals surface area contributed by atoms with Crippen molar-refractivity contribution in [3.05, 3.63) is 83.5 Å². The Kier molecular flexibility index (Phi) is 10.5. The third-order valence-corrected chi connectivity index (χ3v) is 4.75. The fourth-order valence-electron chi connectivity index (χ4n) is 3.36. The van der Waals surface area contributed by atoms with Crippen LogP contribution in [-0.2, 0) is 0 Å². The lowest BCUT2D eigenvalue weighted by Crippen LogP contribution is -1.95. The topological polar surface area (TPSA) is 0 Å². The summed E-state index contributed by atoms with van der Waals surface area (Å²) in [5.74, 6) is 1.63. The van der Waals surface area contributed by atoms with Crippen molar-refractivity contribution in [2.24, 2.45) is 11.8 Å². The molecule has 0 N–H and O–H groups in total. The van der Waals surface area contributed by atoms with E-state index in [-0.39, 0.29) is 0 Å². The van der Waals surface area contributed by atoms with Crippen LogP contribution in [0.5, 0.6) is 0 Å². The number of hydrogen-bond acceptors (Lipinski definition) is 0. The summed E-state index contributed by atoms with van der Waals surface area (Å²) in [6.45, 7) is 14.3. The van der Waals surface area contributed by atoms with Crippen molar-refractivity contribution in [1.82, 2.24) is 0 Å². The predicted octanol–water partition coefficient (Wildman–Crippen LogP) is 8.56. The first-order valence-corrected chi connectivity index (χ1v) is 10.9. The van der Waals surface area contributed by atoms with Gasteiger partial charge in [0.25, 0.3) is 0 Å². The van der Waals surface area contributed by atoms with Crippen LogP contribution >= 0.6 is 0 Å². The van der Waals surface area contributed by atoms with E-state index < -0.39 is 0 Å². The molecule has 0 heteroatoms. The van der Waals surface area contributed by atoms with E-state index in [0.717, 1.165) is 18.3 Å². The molecule has 0 nitrogen and oxygen atoms in total. The Bertz CT molecular complexity index is 722. The average molecular weight is 363 g/mol. The second kappa shape index (κ2) is 12.3. The lowest BCUT2D eigenvalue weighted by Gasteiger charge is -2.14. The molecule has 3 aliphatic rings. The minimum Gasteiger partial charge on any atom is -0.0807 e. The Labute approximate surface area is 168 Å². The molecular weight excluding hydrogens is 324 g/mol. The van der Waals surface area contributed by atoms with Crippen LogP contribution in [0.1, 0.15) is 71.1 Å². The van der Waals surface area contributed by atoms with Crippen molar-refractivity contribution in [1.29, 1.82) is 0 Å². The lowest BCUT2D eigenvalue weighted by atomic mass is 9.90. The summed E-state index contributed by atoms with van der Waals surface area (Å²) in [4.78, 5) is 0. The lowest BCUT2D eigenvalue weighted by molar-refractivity contribution is 0.984. The summed E-state index contributed by atoms with van der Waals surface area (Å²) >= 11 is 0. The van der Waals surface area contributed by atoms with Crippen molar-refractivity contribution >= 4 is 11.1 Å². The molecule has 3 aliphatic carbocycles. The Balaban J connectivity index is 0.000000556. The van der Waals surface area contributed by atoms with Crippen LogP contribution in [0.4, 0.5) is 0 Å². The number of allylic oxidation sites excluding steroid dienone is 10. The van der Waals surface area contributed by atoms with Gasteiger partial charge in [0.15, 0.2) is 0 Å². The number of hydrogen-bond donors (Lipinski definition) is 0. The molecule has 0 amide bonds. The Morgan fingerprint density at radius 2 is 1.44 bits per heavy atom. The van der Waals surface area contributed by atoms with Crippen LogP contribution in [-0.4, -0.2) is 0 Å². The van der Waals surface area contributed by atoms with Gasteiger partial charge in [-0.3, -0.25) is 0 Å². The van der Waals surface area contributed by atoms with Crippen LogP contribution in [0.15, 0.2) is 66.8 Å². The third-order valence-electron chi connectivity index (χ3n) is 4.75. The standard InChI is InChI=1S/C21H20.3C2H6/c1-15-20(16-7-4-2-3-5-8-16)9-6-10-21(15)18-12-11-17-13-19(17)14-18;3*1-2/h2,4-12,14,17,19H,3,13H2,1H3;3*1-2H3. The smallest absolute Gasteiger partial charge is 0.0149 e. The molecule has 0 spiro atoms. The number of rotatable bonds is 2. The summed E-state index contributed by atoms with van der Waals surface area (Å²) in [6.07, 6.45) is 20.6. The van der Waals surface area contributed by atoms with Crippen LogP contribution < -0.4 is 0 Å². The molecule has 2 unspecified atom stereocenters. The number of fused-ring (bicyclic) bond motifs is 1. The molecule has 4 rings (SSSR count). The fourth-order valence-corrected chi connectivity index (χ4v) is 3.36. The van der Waals surface area contributed by atoms with Gasteiger partial charge in [-0.25, -0.2) is 0 Å². The van der Waals surface area contributed by atoms with Gasteiger partial charge in [0.1, 0.15) is 0 Å². The molecule has 1 aromatic rings. The molecule has 0 radical (unpaired) electrons. The van der Waals surface area contributed by atoms with Crippen LogP contribution in [0, 0.1) is 18.8 Å². The molecule has 0 heterocycles. The highest BCUT2D eigenvalue weighted by atomic mass is 14.4. The van der Waals surface area contributed by atoms with Crippen molar-refractivity contribution in [3.63, 3.8) is 0 Å². The maximum Gasteiger partial charge on any atom is -0.0149 e. The minimum atomic E-state index is 0.799. The van der Waals surface area contributed by atoms with Crippen molar-refractivity contribution < 1.29 is 0 Å². The monoisotopic (exact) mass is 362 g/mol. The summed E-state index contributed by atoms with van der Waals surface area (Å²) < 4.78 is 0. The van der Waals surface area contributed by atoms with E-state index in [4.69, 9.17) is 0 Å². The molecule has 0 aliphatic heterocycles. The molecule has 0 saturated heterocycles. The first-order valence-electron chi connectivity index (χ1n) is 10.9. The van der Waals surface area contributed by atoms with Crippen molar-refractivity contribution in [3.8, 4) is 0 Å². The van der Waals surface area contributed by atoms with Crippen LogP contribution in [0.3, 0.4) is 0 Å². The van der Waals surface area contributed by atoms with Gasteiger partial charge in [-0.05, 0) is 59.4 Å². The first-order chi connectivity index (χ1) is 13.3. The molecule has 146 valence electrons. The minimum absolute atomic E-state index is 0.799. The highest BCUT2D eigenvalue weighted by Crippen LogP contribution is 2.46. The first kappa shape index (κ1) is 23.0. The maximum absolute atomic E-state index is 2.47. The summed E-state index contributed by atoms with van der Waals surface area (Å²) in [5.41, 5.74) is 6.84. The van der Waals surface area contributed by atoms with Gasteiger partial charge in [-0.15, -0.1) is 0 Å². The van der Waals surface area contributed by atoms with E-state index in [0.29, 0.717) is 0 Å². The fraction of sp³-hybridized carbons (Fsp3) is 0.407. The Morgan fingerprint density at radius 3 is 2.11 bits per heavy atom. The van der Waals surface area contributed by atoms with Gasteiger partial charge in [-0.2, -0.15) is 0 Å². The van der Waals surface area contributed by atoms with E-state index in [1.165, 1.54) is 34.3 Å². The second-order valence-corrected chi connectivity index (χ2v) is 6.21. The molecule has 1 aromatic carbocycles. The molecule has 0 bridgehead atoms. The van der Waals surface area contributed by atoms with E-state index in [1.807, 2.05) is 41.5 Å². The zero-order valence-corrected chi connectivity index (χ0v) is 18.4. The number of benzene rings is 1. The summed E-state index contributed by atoms with van der Waals surface area (Å²) in [5, 5.41) is 0. The van der Waals surface area contributed by atoms with Crippen molar-refractivity contribution in [2.75, 3.05) is 0 Å². The normalized spacial score (nSPS) is 20.9. The van der Waals surface area contributed by atoms with Crippen molar-refractivity contribution in [2.45, 2.75) is 61.3 Å². The van der Waals surface area contributed by atoms with Gasteiger partial charge >= 0.3 is 0 Å². The third kappa shape index (κ3) is 5.96. The molecule has 2 atom stereocenters. The maximum atomic E-state index is 2.47. The van der Waals surface area contributed by atoms with Gasteiger partial charge in [-0.1, -0.05) is 108 Å². The predicted molar refractivity (Wildman–Crippen MR) is 125 cm³/mol. The molecule has 27 heavy (non-hydrogen) atoms. The molecule has 0 aromatic heterocycles. The van der Waals surface area contributed by atoms with Gasteiger partial charge in [0.05, 0.1) is 0 Å². The quantitative estimate of drug-likeness (QED) is 0.494. The second-order valence-electron chi connectivity index (χ2n) is 6.21.